The van der Waals surface area contributed by atoms with E-state index < -0.39 is 21.8 Å². The molecule has 0 fully saturated rings. The molecule has 31 heavy (non-hydrogen) atoms. The number of alkyl halides is 3. The van der Waals surface area contributed by atoms with Crippen LogP contribution in [0.25, 0.3) is 22.3 Å². The third kappa shape index (κ3) is 3.98. The van der Waals surface area contributed by atoms with Gasteiger partial charge in [-0.05, 0) is 71.5 Å². The SMILES string of the molecule is Cc1cc(-c2cc3c(cc2-c2ccc(S(N)(=O)=O)cc2)OCO3)cc(C)c1C(F)(F)F. The molecule has 9 heteroatoms. The summed E-state index contributed by atoms with van der Waals surface area (Å²) in [7, 11) is -3.85. The summed E-state index contributed by atoms with van der Waals surface area (Å²) in [5.41, 5.74) is 2.07. The molecule has 4 rings (SSSR count). The Kier molecular flexibility index (Phi) is 4.98. The van der Waals surface area contributed by atoms with Gasteiger partial charge < -0.3 is 9.47 Å². The van der Waals surface area contributed by atoms with Gasteiger partial charge in [-0.2, -0.15) is 13.2 Å². The number of hydrogen-bond donors (Lipinski definition) is 1. The lowest BCUT2D eigenvalue weighted by Gasteiger charge is -2.18. The molecule has 162 valence electrons. The molecule has 2 N–H and O–H groups in total. The molecule has 1 aliphatic rings. The second kappa shape index (κ2) is 7.28. The first-order valence-electron chi connectivity index (χ1n) is 9.21. The molecule has 0 bridgehead atoms. The van der Waals surface area contributed by atoms with E-state index in [4.69, 9.17) is 14.6 Å². The smallest absolute Gasteiger partial charge is 0.416 e. The van der Waals surface area contributed by atoms with Gasteiger partial charge in [0, 0.05) is 0 Å². The van der Waals surface area contributed by atoms with Crippen LogP contribution >= 0.6 is 0 Å². The molecular formula is C22H18F3NO4S. The molecule has 0 radical (unpaired) electrons. The number of nitrogens with two attached hydrogens (primary N) is 1. The molecule has 0 aliphatic carbocycles. The van der Waals surface area contributed by atoms with Gasteiger partial charge in [0.25, 0.3) is 0 Å². The Morgan fingerprint density at radius 3 is 1.77 bits per heavy atom. The van der Waals surface area contributed by atoms with Gasteiger partial charge in [-0.25, -0.2) is 13.6 Å². The van der Waals surface area contributed by atoms with E-state index in [0.29, 0.717) is 33.8 Å². The van der Waals surface area contributed by atoms with Crippen LogP contribution < -0.4 is 14.6 Å². The van der Waals surface area contributed by atoms with Crippen molar-refractivity contribution in [3.63, 3.8) is 0 Å². The van der Waals surface area contributed by atoms with E-state index in [2.05, 4.69) is 0 Å². The molecule has 1 aliphatic heterocycles. The predicted octanol–water partition coefficient (Wildman–Crippen LogP) is 5.03. The van der Waals surface area contributed by atoms with Crippen LogP contribution in [0.1, 0.15) is 16.7 Å². The van der Waals surface area contributed by atoms with E-state index in [9.17, 15) is 21.6 Å². The van der Waals surface area contributed by atoms with Crippen molar-refractivity contribution in [3.8, 4) is 33.8 Å². The average Bonchev–Trinajstić information content (AvgIpc) is 3.12. The summed E-state index contributed by atoms with van der Waals surface area (Å²) >= 11 is 0. The molecule has 0 unspecified atom stereocenters. The standard InChI is InChI=1S/C22H18F3NO4S/c1-12-7-15(8-13(2)21(12)22(23,24)25)18-10-20-19(29-11-30-20)9-17(18)14-3-5-16(6-4-14)31(26,27)28/h3-10H,11H2,1-2H3,(H2,26,27,28). The summed E-state index contributed by atoms with van der Waals surface area (Å²) in [5, 5.41) is 5.17. The highest BCUT2D eigenvalue weighted by Crippen LogP contribution is 2.44. The average molecular weight is 449 g/mol. The first-order chi connectivity index (χ1) is 14.4. The van der Waals surface area contributed by atoms with Gasteiger partial charge in [0.2, 0.25) is 16.8 Å². The van der Waals surface area contributed by atoms with Gasteiger partial charge in [-0.3, -0.25) is 0 Å². The number of primary sulfonamides is 1. The summed E-state index contributed by atoms with van der Waals surface area (Å²) < 4.78 is 74.2. The third-order valence-corrected chi connectivity index (χ3v) is 6.06. The van der Waals surface area contributed by atoms with Crippen molar-refractivity contribution in [1.82, 2.24) is 0 Å². The maximum Gasteiger partial charge on any atom is 0.416 e. The van der Waals surface area contributed by atoms with E-state index in [1.807, 2.05) is 0 Å². The van der Waals surface area contributed by atoms with Crippen LogP contribution in [0.3, 0.4) is 0 Å². The largest absolute Gasteiger partial charge is 0.454 e. The maximum absolute atomic E-state index is 13.4. The van der Waals surface area contributed by atoms with Gasteiger partial charge in [0.1, 0.15) is 0 Å². The van der Waals surface area contributed by atoms with Crippen LogP contribution in [0.2, 0.25) is 0 Å². The second-order valence-electron chi connectivity index (χ2n) is 7.30. The Balaban J connectivity index is 1.91. The quantitative estimate of drug-likeness (QED) is 0.608. The third-order valence-electron chi connectivity index (χ3n) is 5.13. The lowest BCUT2D eigenvalue weighted by molar-refractivity contribution is -0.138. The number of ether oxygens (including phenoxy) is 2. The topological polar surface area (TPSA) is 78.6 Å². The highest BCUT2D eigenvalue weighted by molar-refractivity contribution is 7.89. The maximum atomic E-state index is 13.4. The van der Waals surface area contributed by atoms with Gasteiger partial charge in [0.15, 0.2) is 11.5 Å². The Morgan fingerprint density at radius 1 is 0.839 bits per heavy atom. The van der Waals surface area contributed by atoms with Gasteiger partial charge >= 0.3 is 6.18 Å². The van der Waals surface area contributed by atoms with Crippen LogP contribution in [-0.2, 0) is 16.2 Å². The van der Waals surface area contributed by atoms with Crippen LogP contribution in [0.4, 0.5) is 13.2 Å². The molecule has 5 nitrogen and oxygen atoms in total. The second-order valence-corrected chi connectivity index (χ2v) is 8.86. The summed E-state index contributed by atoms with van der Waals surface area (Å²) in [6.45, 7) is 2.88. The Hall–Kier alpha value is -3.04. The number of rotatable bonds is 3. The highest BCUT2D eigenvalue weighted by Gasteiger charge is 2.34. The van der Waals surface area contributed by atoms with E-state index >= 15 is 0 Å². The van der Waals surface area contributed by atoms with Crippen molar-refractivity contribution in [3.05, 3.63) is 65.2 Å². The van der Waals surface area contributed by atoms with Crippen LogP contribution in [-0.4, -0.2) is 15.2 Å². The minimum Gasteiger partial charge on any atom is -0.454 e. The first kappa shape index (κ1) is 21.2. The Morgan fingerprint density at radius 2 is 1.32 bits per heavy atom. The minimum atomic E-state index is -4.45. The predicted molar refractivity (Wildman–Crippen MR) is 109 cm³/mol. The molecule has 3 aromatic rings. The van der Waals surface area contributed by atoms with E-state index in [0.717, 1.165) is 0 Å². The monoisotopic (exact) mass is 449 g/mol. The van der Waals surface area contributed by atoms with Crippen molar-refractivity contribution < 1.29 is 31.1 Å². The number of hydrogen-bond acceptors (Lipinski definition) is 4. The van der Waals surface area contributed by atoms with Gasteiger partial charge in [-0.15, -0.1) is 0 Å². The molecule has 0 saturated heterocycles. The van der Waals surface area contributed by atoms with Crippen molar-refractivity contribution in [1.29, 1.82) is 0 Å². The molecular weight excluding hydrogens is 431 g/mol. The molecule has 1 heterocycles. The van der Waals surface area contributed by atoms with E-state index in [1.165, 1.54) is 38.1 Å². The number of aryl methyl sites for hydroxylation is 2. The summed E-state index contributed by atoms with van der Waals surface area (Å²) in [5.74, 6) is 0.977. The van der Waals surface area contributed by atoms with E-state index in [1.54, 1.807) is 24.3 Å². The van der Waals surface area contributed by atoms with Gasteiger partial charge in [-0.1, -0.05) is 24.3 Å². The molecule has 0 amide bonds. The normalized spacial score (nSPS) is 13.5. The molecule has 0 atom stereocenters. The van der Waals surface area contributed by atoms with Crippen LogP contribution in [0.15, 0.2) is 53.4 Å². The molecule has 0 spiro atoms. The zero-order chi connectivity index (χ0) is 22.6. The van der Waals surface area contributed by atoms with E-state index in [-0.39, 0.29) is 22.8 Å². The molecule has 0 saturated carbocycles. The number of halogens is 3. The van der Waals surface area contributed by atoms with Gasteiger partial charge in [0.05, 0.1) is 10.5 Å². The zero-order valence-corrected chi connectivity index (χ0v) is 17.4. The number of fused-ring (bicyclic) bond motifs is 1. The zero-order valence-electron chi connectivity index (χ0n) is 16.6. The fraction of sp³-hybridized carbons (Fsp3) is 0.182. The number of benzene rings is 3. The lowest BCUT2D eigenvalue weighted by Crippen LogP contribution is -2.11. The fourth-order valence-corrected chi connectivity index (χ4v) is 4.33. The summed E-state index contributed by atoms with van der Waals surface area (Å²) in [4.78, 5) is -0.0419. The Bertz CT molecular complexity index is 1260. The summed E-state index contributed by atoms with van der Waals surface area (Å²) in [6.07, 6.45) is -4.45. The summed E-state index contributed by atoms with van der Waals surface area (Å²) in [6, 6.07) is 12.3. The first-order valence-corrected chi connectivity index (χ1v) is 10.8. The highest BCUT2D eigenvalue weighted by atomic mass is 32.2. The van der Waals surface area contributed by atoms with Crippen LogP contribution in [0.5, 0.6) is 11.5 Å². The number of sulfonamides is 1. The lowest BCUT2D eigenvalue weighted by atomic mass is 9.90. The molecule has 0 aromatic heterocycles. The molecule has 3 aromatic carbocycles. The fourth-order valence-electron chi connectivity index (χ4n) is 3.81. The Labute approximate surface area is 177 Å². The minimum absolute atomic E-state index is 0.0354. The van der Waals surface area contributed by atoms with Crippen molar-refractivity contribution in [2.45, 2.75) is 24.9 Å². The van der Waals surface area contributed by atoms with Crippen molar-refractivity contribution in [2.75, 3.05) is 6.79 Å². The van der Waals surface area contributed by atoms with Crippen molar-refractivity contribution >= 4 is 10.0 Å². The van der Waals surface area contributed by atoms with Crippen LogP contribution in [0, 0.1) is 13.8 Å². The van der Waals surface area contributed by atoms with Crippen molar-refractivity contribution in [2.24, 2.45) is 5.14 Å².